The van der Waals surface area contributed by atoms with Crippen LogP contribution in [0.4, 0.5) is 5.69 Å². The van der Waals surface area contributed by atoms with Gasteiger partial charge in [0.2, 0.25) is 0 Å². The number of amides is 2. The largest absolute Gasteiger partial charge is 0.490 e. The highest BCUT2D eigenvalue weighted by Crippen LogP contribution is 2.47. The maximum atomic E-state index is 12.9. The van der Waals surface area contributed by atoms with E-state index in [9.17, 15) is 39.4 Å². The topological polar surface area (TPSA) is 246 Å². The Bertz CT molecular complexity index is 1800. The van der Waals surface area contributed by atoms with Gasteiger partial charge in [0, 0.05) is 32.0 Å². The van der Waals surface area contributed by atoms with Gasteiger partial charge in [-0.25, -0.2) is 4.98 Å². The van der Waals surface area contributed by atoms with Crippen molar-refractivity contribution in [2.75, 3.05) is 44.0 Å². The Kier molecular flexibility index (Phi) is 10.8. The van der Waals surface area contributed by atoms with E-state index in [-0.39, 0.29) is 24.4 Å². The first kappa shape index (κ1) is 36.0. The highest BCUT2D eigenvalue weighted by molar-refractivity contribution is 7.86. The molecule has 3 rings (SSSR count). The van der Waals surface area contributed by atoms with Crippen molar-refractivity contribution < 1.29 is 57.8 Å². The molecule has 0 unspecified atom stereocenters. The summed E-state index contributed by atoms with van der Waals surface area (Å²) in [7, 11) is -11.5. The standard InChI is InChI=1S/C26H34N4O12S3/c1-16-26(2,3)19-12-17(15-22(42-4)23(19)30(16)8-5-9-43(33,34)35)18-13-20(24(31)27-6-10-44(36,37)38)29-21(14-18)25(32)28-7-11-45(39,40)41/h12-15H,5-11H2,1-4H3,(H4-,27,28,31,32,33,34,35,36,37,38,39,40,41)/p+1. The van der Waals surface area contributed by atoms with E-state index in [1.807, 2.05) is 25.3 Å². The number of carbonyl (C=O) groups is 2. The molecule has 1 aliphatic heterocycles. The van der Waals surface area contributed by atoms with Crippen LogP contribution in [0.15, 0.2) is 24.3 Å². The van der Waals surface area contributed by atoms with Gasteiger partial charge in [-0.2, -0.15) is 29.8 Å². The summed E-state index contributed by atoms with van der Waals surface area (Å²) in [5, 5.41) is 4.60. The smallest absolute Gasteiger partial charge is 0.269 e. The van der Waals surface area contributed by atoms with E-state index in [1.54, 1.807) is 12.1 Å². The number of hydrogen-bond donors (Lipinski definition) is 5. The third-order valence-corrected chi connectivity index (χ3v) is 9.49. The lowest BCUT2D eigenvalue weighted by Crippen LogP contribution is -2.32. The number of hydrogen-bond acceptors (Lipinski definition) is 10. The molecular formula is C26H35N4O12S3+. The summed E-state index contributed by atoms with van der Waals surface area (Å²) in [5.41, 5.74) is 1.92. The molecule has 248 valence electrons. The predicted molar refractivity (Wildman–Crippen MR) is 163 cm³/mol. The molecule has 0 fully saturated rings. The normalized spacial score (nSPS) is 14.6. The Hall–Kier alpha value is -3.49. The second-order valence-corrected chi connectivity index (χ2v) is 15.5. The fraction of sp³-hybridized carbons (Fsp3) is 0.462. The van der Waals surface area contributed by atoms with Gasteiger partial charge in [-0.05, 0) is 49.2 Å². The SMILES string of the molecule is COc1cc(-c2cc(C(=O)NCCS(=O)(=O)O)nc(C(=O)NCCS(=O)(=O)O)c2)cc2c1[N+](CCCS(=O)(=O)O)=C(C)C2(C)C. The van der Waals surface area contributed by atoms with E-state index >= 15 is 0 Å². The van der Waals surface area contributed by atoms with Crippen molar-refractivity contribution in [3.05, 3.63) is 41.2 Å². The van der Waals surface area contributed by atoms with Crippen LogP contribution >= 0.6 is 0 Å². The summed E-state index contributed by atoms with van der Waals surface area (Å²) in [4.78, 5) is 29.9. The monoisotopic (exact) mass is 691 g/mol. The molecule has 2 heterocycles. The van der Waals surface area contributed by atoms with E-state index in [1.165, 1.54) is 19.2 Å². The number of carbonyl (C=O) groups excluding carboxylic acids is 2. The van der Waals surface area contributed by atoms with Crippen LogP contribution in [-0.2, 0) is 35.8 Å². The van der Waals surface area contributed by atoms with Gasteiger partial charge in [0.25, 0.3) is 47.9 Å². The lowest BCUT2D eigenvalue weighted by molar-refractivity contribution is -0.439. The number of fused-ring (bicyclic) bond motifs is 1. The molecule has 16 nitrogen and oxygen atoms in total. The minimum Gasteiger partial charge on any atom is -0.490 e. The molecule has 1 aromatic heterocycles. The molecular weight excluding hydrogens is 657 g/mol. The zero-order valence-corrected chi connectivity index (χ0v) is 27.3. The molecule has 5 N–H and O–H groups in total. The molecule has 0 atom stereocenters. The number of nitrogens with zero attached hydrogens (tertiary/aromatic N) is 2. The first-order valence-corrected chi connectivity index (χ1v) is 18.2. The predicted octanol–water partition coefficient (Wildman–Crippen LogP) is 0.666. The van der Waals surface area contributed by atoms with E-state index in [2.05, 4.69) is 15.6 Å². The Morgan fingerprint density at radius 1 is 0.822 bits per heavy atom. The number of methoxy groups -OCH3 is 1. The molecule has 2 amide bonds. The molecule has 0 bridgehead atoms. The van der Waals surface area contributed by atoms with Gasteiger partial charge >= 0.3 is 0 Å². The van der Waals surface area contributed by atoms with Crippen LogP contribution in [0.5, 0.6) is 5.75 Å². The van der Waals surface area contributed by atoms with Crippen molar-refractivity contribution in [3.63, 3.8) is 0 Å². The van der Waals surface area contributed by atoms with Crippen LogP contribution in [0.2, 0.25) is 0 Å². The van der Waals surface area contributed by atoms with Crippen molar-refractivity contribution in [3.8, 4) is 16.9 Å². The van der Waals surface area contributed by atoms with E-state index in [0.29, 0.717) is 22.6 Å². The lowest BCUT2D eigenvalue weighted by atomic mass is 9.81. The maximum Gasteiger partial charge on any atom is 0.269 e. The Morgan fingerprint density at radius 3 is 1.73 bits per heavy atom. The third-order valence-electron chi connectivity index (χ3n) is 7.25. The summed E-state index contributed by atoms with van der Waals surface area (Å²) in [6, 6.07) is 6.14. The average molecular weight is 692 g/mol. The number of benzene rings is 1. The lowest BCUT2D eigenvalue weighted by Gasteiger charge is -2.17. The minimum absolute atomic E-state index is 0.132. The third kappa shape index (κ3) is 9.50. The Labute approximate surface area is 261 Å². The van der Waals surface area contributed by atoms with E-state index < -0.39 is 77.9 Å². The number of aromatic nitrogens is 1. The van der Waals surface area contributed by atoms with Gasteiger partial charge in [0.15, 0.2) is 11.5 Å². The quantitative estimate of drug-likeness (QED) is 0.135. The second-order valence-electron chi connectivity index (χ2n) is 10.8. The average Bonchev–Trinajstić information content (AvgIpc) is 3.10. The maximum absolute atomic E-state index is 12.9. The molecule has 0 saturated heterocycles. The second kappa shape index (κ2) is 13.5. The van der Waals surface area contributed by atoms with Crippen LogP contribution in [0.25, 0.3) is 11.1 Å². The Morgan fingerprint density at radius 2 is 1.29 bits per heavy atom. The summed E-state index contributed by atoms with van der Waals surface area (Å²) >= 11 is 0. The minimum atomic E-state index is -4.37. The fourth-order valence-corrected chi connectivity index (χ4v) is 5.98. The molecule has 0 spiro atoms. The fourth-order valence-electron chi connectivity index (χ4n) is 4.77. The zero-order chi connectivity index (χ0) is 34.0. The summed E-state index contributed by atoms with van der Waals surface area (Å²) in [5.74, 6) is -3.32. The molecule has 1 aliphatic rings. The van der Waals surface area contributed by atoms with Crippen molar-refractivity contribution in [2.45, 2.75) is 32.6 Å². The number of rotatable bonds is 14. The van der Waals surface area contributed by atoms with Gasteiger partial charge in [-0.1, -0.05) is 0 Å². The number of pyridine rings is 1. The van der Waals surface area contributed by atoms with E-state index in [4.69, 9.17) is 13.8 Å². The van der Waals surface area contributed by atoms with Gasteiger partial charge in [0.05, 0.1) is 29.8 Å². The number of nitrogens with one attached hydrogen (secondary N) is 2. The van der Waals surface area contributed by atoms with Crippen molar-refractivity contribution in [1.29, 1.82) is 0 Å². The van der Waals surface area contributed by atoms with Crippen LogP contribution in [0, 0.1) is 0 Å². The molecule has 45 heavy (non-hydrogen) atoms. The van der Waals surface area contributed by atoms with Crippen LogP contribution in [0.3, 0.4) is 0 Å². The van der Waals surface area contributed by atoms with Crippen molar-refractivity contribution in [2.24, 2.45) is 0 Å². The summed E-state index contributed by atoms with van der Waals surface area (Å²) in [6.07, 6.45) is 0.132. The molecule has 0 radical (unpaired) electrons. The van der Waals surface area contributed by atoms with Crippen molar-refractivity contribution in [1.82, 2.24) is 15.6 Å². The van der Waals surface area contributed by atoms with Gasteiger partial charge in [-0.3, -0.25) is 23.2 Å². The summed E-state index contributed by atoms with van der Waals surface area (Å²) in [6.45, 7) is 5.12. The van der Waals surface area contributed by atoms with Gasteiger partial charge in [0.1, 0.15) is 17.9 Å². The summed E-state index contributed by atoms with van der Waals surface area (Å²) < 4.78 is 102. The highest BCUT2D eigenvalue weighted by atomic mass is 32.2. The van der Waals surface area contributed by atoms with Crippen LogP contribution in [-0.4, -0.2) is 110 Å². The molecule has 2 aromatic rings. The zero-order valence-electron chi connectivity index (χ0n) is 24.9. The molecule has 0 saturated carbocycles. The molecule has 1 aromatic carbocycles. The molecule has 19 heteroatoms. The van der Waals surface area contributed by atoms with Gasteiger partial charge in [-0.15, -0.1) is 0 Å². The Balaban J connectivity index is 2.10. The first-order valence-electron chi connectivity index (χ1n) is 13.4. The molecule has 0 aliphatic carbocycles. The van der Waals surface area contributed by atoms with Crippen LogP contribution in [0.1, 0.15) is 53.7 Å². The first-order chi connectivity index (χ1) is 20.6. The number of ether oxygens (including phenoxy) is 1. The van der Waals surface area contributed by atoms with Crippen LogP contribution < -0.4 is 15.4 Å². The van der Waals surface area contributed by atoms with Crippen molar-refractivity contribution >= 4 is 53.6 Å². The van der Waals surface area contributed by atoms with E-state index in [0.717, 1.165) is 11.3 Å². The van der Waals surface area contributed by atoms with Gasteiger partial charge < -0.3 is 15.4 Å². The highest BCUT2D eigenvalue weighted by Gasteiger charge is 2.45.